The van der Waals surface area contributed by atoms with Crippen molar-refractivity contribution in [1.29, 1.82) is 0 Å². The molecule has 0 atom stereocenters. The summed E-state index contributed by atoms with van der Waals surface area (Å²) in [6.07, 6.45) is 1.33. The maximum absolute atomic E-state index is 2.39. The second-order valence-corrected chi connectivity index (χ2v) is 2.96. The summed E-state index contributed by atoms with van der Waals surface area (Å²) in [7, 11) is 4.39. The topological polar surface area (TPSA) is 6.48 Å². The van der Waals surface area contributed by atoms with E-state index < -0.39 is 0 Å². The highest BCUT2D eigenvalue weighted by Crippen LogP contribution is 1.96. The minimum atomic E-state index is 1.23. The Balaban J connectivity index is 0.000000461. The van der Waals surface area contributed by atoms with E-state index in [0.29, 0.717) is 0 Å². The average molecular weight is 158 g/mol. The Morgan fingerprint density at radius 2 is 1.09 bits per heavy atom. The van der Waals surface area contributed by atoms with E-state index in [0.717, 1.165) is 0 Å². The lowest BCUT2D eigenvalue weighted by molar-refractivity contribution is 0.320. The Hall–Kier alpha value is -0.0800. The smallest absolute Gasteiger partial charge is 0.0106 e. The van der Waals surface area contributed by atoms with Crippen molar-refractivity contribution in [2.75, 3.05) is 40.3 Å². The molecule has 1 aliphatic heterocycles. The van der Waals surface area contributed by atoms with Crippen molar-refractivity contribution in [3.63, 3.8) is 0 Å². The maximum Gasteiger partial charge on any atom is 0.0106 e. The lowest BCUT2D eigenvalue weighted by atomic mass is 10.4. The molecule has 1 heterocycles. The van der Waals surface area contributed by atoms with Gasteiger partial charge < -0.3 is 9.80 Å². The predicted molar refractivity (Wildman–Crippen MR) is 51.0 cm³/mol. The Labute approximate surface area is 71.2 Å². The van der Waals surface area contributed by atoms with Crippen LogP contribution in [-0.4, -0.2) is 50.1 Å². The molecular weight excluding hydrogens is 136 g/mol. The Morgan fingerprint density at radius 1 is 0.727 bits per heavy atom. The fourth-order valence-corrected chi connectivity index (χ4v) is 1.18. The summed E-state index contributed by atoms with van der Waals surface area (Å²) >= 11 is 0. The van der Waals surface area contributed by atoms with Crippen LogP contribution in [-0.2, 0) is 0 Å². The van der Waals surface area contributed by atoms with E-state index in [-0.39, 0.29) is 0 Å². The molecule has 2 nitrogen and oxygen atoms in total. The van der Waals surface area contributed by atoms with Crippen LogP contribution >= 0.6 is 0 Å². The molecule has 0 unspecified atom stereocenters. The molecule has 0 aromatic carbocycles. The molecule has 11 heavy (non-hydrogen) atoms. The van der Waals surface area contributed by atoms with Crippen molar-refractivity contribution < 1.29 is 0 Å². The van der Waals surface area contributed by atoms with E-state index in [9.17, 15) is 0 Å². The number of likely N-dealkylation sites (N-methyl/N-ethyl adjacent to an activating group) is 2. The first-order valence-electron chi connectivity index (χ1n) is 4.66. The van der Waals surface area contributed by atoms with Crippen LogP contribution in [0.25, 0.3) is 0 Å². The number of hydrogen-bond donors (Lipinski definition) is 0. The van der Waals surface area contributed by atoms with Crippen molar-refractivity contribution in [2.24, 2.45) is 0 Å². The number of rotatable bonds is 0. The summed E-state index contributed by atoms with van der Waals surface area (Å²) in [6.45, 7) is 9.00. The van der Waals surface area contributed by atoms with Crippen LogP contribution in [0.1, 0.15) is 20.3 Å². The molecule has 68 valence electrons. The molecule has 1 saturated heterocycles. The average Bonchev–Trinajstić information content (AvgIpc) is 2.20. The van der Waals surface area contributed by atoms with E-state index in [1.807, 2.05) is 13.8 Å². The van der Waals surface area contributed by atoms with E-state index in [2.05, 4.69) is 23.9 Å². The zero-order valence-corrected chi connectivity index (χ0v) is 8.43. The predicted octanol–water partition coefficient (Wildman–Crippen LogP) is 1.28. The Morgan fingerprint density at radius 3 is 1.45 bits per heavy atom. The largest absolute Gasteiger partial charge is 0.305 e. The van der Waals surface area contributed by atoms with Crippen molar-refractivity contribution in [2.45, 2.75) is 20.3 Å². The molecule has 0 radical (unpaired) electrons. The summed E-state index contributed by atoms with van der Waals surface area (Å²) in [5.74, 6) is 0. The van der Waals surface area contributed by atoms with Gasteiger partial charge >= 0.3 is 0 Å². The molecule has 0 aromatic rings. The van der Waals surface area contributed by atoms with E-state index >= 15 is 0 Å². The molecular formula is C9H22N2. The highest BCUT2D eigenvalue weighted by atomic mass is 15.2. The van der Waals surface area contributed by atoms with Crippen LogP contribution in [0.5, 0.6) is 0 Å². The number of hydrogen-bond acceptors (Lipinski definition) is 2. The summed E-state index contributed by atoms with van der Waals surface area (Å²) in [5.41, 5.74) is 0. The minimum Gasteiger partial charge on any atom is -0.305 e. The summed E-state index contributed by atoms with van der Waals surface area (Å²) in [6, 6.07) is 0. The van der Waals surface area contributed by atoms with Gasteiger partial charge in [0, 0.05) is 13.1 Å². The fraction of sp³-hybridized carbons (Fsp3) is 1.00. The molecule has 0 aliphatic carbocycles. The quantitative estimate of drug-likeness (QED) is 0.524. The van der Waals surface area contributed by atoms with Gasteiger partial charge in [0.15, 0.2) is 0 Å². The van der Waals surface area contributed by atoms with E-state index in [1.54, 1.807) is 0 Å². The Bertz CT molecular complexity index is 73.6. The molecule has 0 amide bonds. The van der Waals surface area contributed by atoms with Gasteiger partial charge in [-0.05, 0) is 33.6 Å². The van der Waals surface area contributed by atoms with Crippen LogP contribution in [0, 0.1) is 0 Å². The van der Waals surface area contributed by atoms with E-state index in [4.69, 9.17) is 0 Å². The monoisotopic (exact) mass is 158 g/mol. The first kappa shape index (κ1) is 10.9. The van der Waals surface area contributed by atoms with Crippen LogP contribution in [0.3, 0.4) is 0 Å². The second kappa shape index (κ2) is 6.62. The van der Waals surface area contributed by atoms with Crippen molar-refractivity contribution in [3.8, 4) is 0 Å². The molecule has 0 saturated carbocycles. The highest BCUT2D eigenvalue weighted by molar-refractivity contribution is 4.62. The van der Waals surface area contributed by atoms with Gasteiger partial charge in [0.25, 0.3) is 0 Å². The fourth-order valence-electron chi connectivity index (χ4n) is 1.18. The molecule has 1 aliphatic rings. The minimum absolute atomic E-state index is 1.23. The third-order valence-electron chi connectivity index (χ3n) is 1.94. The summed E-state index contributed by atoms with van der Waals surface area (Å²) < 4.78 is 0. The van der Waals surface area contributed by atoms with Gasteiger partial charge in [0.1, 0.15) is 0 Å². The van der Waals surface area contributed by atoms with Crippen molar-refractivity contribution in [1.82, 2.24) is 9.80 Å². The zero-order chi connectivity index (χ0) is 8.69. The van der Waals surface area contributed by atoms with Gasteiger partial charge in [-0.3, -0.25) is 0 Å². The molecule has 2 heteroatoms. The number of nitrogens with zero attached hydrogens (tertiary/aromatic N) is 2. The SMILES string of the molecule is CC.CN1CCCN(C)CC1. The van der Waals surface area contributed by atoms with Crippen LogP contribution in [0.4, 0.5) is 0 Å². The van der Waals surface area contributed by atoms with Crippen LogP contribution in [0.2, 0.25) is 0 Å². The lowest BCUT2D eigenvalue weighted by Crippen LogP contribution is -2.25. The van der Waals surface area contributed by atoms with Gasteiger partial charge in [0.2, 0.25) is 0 Å². The first-order valence-corrected chi connectivity index (χ1v) is 4.66. The highest BCUT2D eigenvalue weighted by Gasteiger charge is 2.06. The normalized spacial score (nSPS) is 21.8. The third kappa shape index (κ3) is 5.22. The van der Waals surface area contributed by atoms with Gasteiger partial charge in [-0.15, -0.1) is 0 Å². The second-order valence-electron chi connectivity index (χ2n) is 2.96. The standard InChI is InChI=1S/C7H16N2.C2H6/c1-8-4-3-5-9(2)7-6-8;1-2/h3-7H2,1-2H3;1-2H3. The molecule has 0 bridgehead atoms. The Kier molecular flexibility index (Phi) is 6.57. The molecule has 0 aromatic heterocycles. The van der Waals surface area contributed by atoms with Gasteiger partial charge in [0.05, 0.1) is 0 Å². The van der Waals surface area contributed by atoms with Gasteiger partial charge in [-0.1, -0.05) is 13.8 Å². The first-order chi connectivity index (χ1) is 5.29. The van der Waals surface area contributed by atoms with Gasteiger partial charge in [-0.25, -0.2) is 0 Å². The molecule has 1 rings (SSSR count). The molecule has 1 fully saturated rings. The third-order valence-corrected chi connectivity index (χ3v) is 1.94. The van der Waals surface area contributed by atoms with Crippen LogP contribution in [0.15, 0.2) is 0 Å². The zero-order valence-electron chi connectivity index (χ0n) is 8.43. The van der Waals surface area contributed by atoms with Crippen molar-refractivity contribution >= 4 is 0 Å². The van der Waals surface area contributed by atoms with Crippen molar-refractivity contribution in [3.05, 3.63) is 0 Å². The molecule has 0 N–H and O–H groups in total. The maximum atomic E-state index is 2.39. The molecule has 0 spiro atoms. The van der Waals surface area contributed by atoms with Crippen LogP contribution < -0.4 is 0 Å². The lowest BCUT2D eigenvalue weighted by Gasteiger charge is -2.13. The van der Waals surface area contributed by atoms with E-state index in [1.165, 1.54) is 32.6 Å². The summed E-state index contributed by atoms with van der Waals surface area (Å²) in [4.78, 5) is 4.78. The summed E-state index contributed by atoms with van der Waals surface area (Å²) in [5, 5.41) is 0. The van der Waals surface area contributed by atoms with Gasteiger partial charge in [-0.2, -0.15) is 0 Å².